The molecule has 1 aromatic heterocycles. The summed E-state index contributed by atoms with van der Waals surface area (Å²) in [7, 11) is 0. The third kappa shape index (κ3) is 8.81. The summed E-state index contributed by atoms with van der Waals surface area (Å²) in [5.41, 5.74) is 3.48. The van der Waals surface area contributed by atoms with Crippen LogP contribution in [0.25, 0.3) is 22.3 Å². The fourth-order valence-corrected chi connectivity index (χ4v) is 5.94. The van der Waals surface area contributed by atoms with Crippen LogP contribution in [-0.2, 0) is 26.4 Å². The SMILES string of the molecule is O=[N+]([O-])c1cc(OCc2ccccc2)c(OCc2ccccc2)cc1-c1cocc1-c1cc(OCc2ccccc2)c(OCc2ccccc2)cc1[N+](=O)[O-]. The van der Waals surface area contributed by atoms with Crippen molar-refractivity contribution in [2.24, 2.45) is 0 Å². The Bertz CT molecular complexity index is 2220. The molecule has 0 radical (unpaired) electrons. The summed E-state index contributed by atoms with van der Waals surface area (Å²) in [6.07, 6.45) is 2.63. The normalized spacial score (nSPS) is 10.8. The Kier molecular flexibility index (Phi) is 11.1. The van der Waals surface area contributed by atoms with Crippen LogP contribution in [0, 0.1) is 20.2 Å². The first-order valence-electron chi connectivity index (χ1n) is 17.3. The molecule has 55 heavy (non-hydrogen) atoms. The molecule has 7 aromatic rings. The van der Waals surface area contributed by atoms with E-state index in [9.17, 15) is 20.2 Å². The second-order valence-corrected chi connectivity index (χ2v) is 12.4. The highest BCUT2D eigenvalue weighted by atomic mass is 16.6. The molecule has 274 valence electrons. The molecule has 0 saturated heterocycles. The van der Waals surface area contributed by atoms with Gasteiger partial charge in [-0.05, 0) is 34.4 Å². The number of hydrogen-bond donors (Lipinski definition) is 0. The van der Waals surface area contributed by atoms with E-state index < -0.39 is 9.85 Å². The number of benzene rings is 6. The molecular weight excluding hydrogens is 700 g/mol. The third-order valence-electron chi connectivity index (χ3n) is 8.71. The molecule has 0 saturated carbocycles. The van der Waals surface area contributed by atoms with Crippen molar-refractivity contribution >= 4 is 11.4 Å². The van der Waals surface area contributed by atoms with Gasteiger partial charge in [-0.25, -0.2) is 0 Å². The van der Waals surface area contributed by atoms with Crippen molar-refractivity contribution in [3.8, 4) is 45.3 Å². The summed E-state index contributed by atoms with van der Waals surface area (Å²) < 4.78 is 30.4. The lowest BCUT2D eigenvalue weighted by Gasteiger charge is -2.16. The average molecular weight is 735 g/mol. The zero-order chi connectivity index (χ0) is 38.0. The van der Waals surface area contributed by atoms with Crippen LogP contribution in [0.3, 0.4) is 0 Å². The van der Waals surface area contributed by atoms with Gasteiger partial charge >= 0.3 is 0 Å². The number of furan rings is 1. The Labute approximate surface area is 316 Å². The third-order valence-corrected chi connectivity index (χ3v) is 8.71. The summed E-state index contributed by atoms with van der Waals surface area (Å²) >= 11 is 0. The second kappa shape index (κ2) is 17.0. The smallest absolute Gasteiger partial charge is 0.281 e. The molecule has 0 aliphatic rings. The van der Waals surface area contributed by atoms with Crippen molar-refractivity contribution in [2.75, 3.05) is 0 Å². The first-order chi connectivity index (χ1) is 26.9. The van der Waals surface area contributed by atoms with E-state index in [1.807, 2.05) is 121 Å². The lowest BCUT2D eigenvalue weighted by molar-refractivity contribution is -0.384. The van der Waals surface area contributed by atoms with Crippen LogP contribution in [0.1, 0.15) is 22.3 Å². The molecule has 11 nitrogen and oxygen atoms in total. The van der Waals surface area contributed by atoms with Crippen LogP contribution >= 0.6 is 0 Å². The van der Waals surface area contributed by atoms with E-state index in [1.54, 1.807) is 0 Å². The van der Waals surface area contributed by atoms with Gasteiger partial charge in [-0.15, -0.1) is 0 Å². The summed E-state index contributed by atoms with van der Waals surface area (Å²) in [4.78, 5) is 24.3. The summed E-state index contributed by atoms with van der Waals surface area (Å²) in [6.45, 7) is 0.561. The Morgan fingerprint density at radius 1 is 0.400 bits per heavy atom. The Morgan fingerprint density at radius 3 is 0.945 bits per heavy atom. The lowest BCUT2D eigenvalue weighted by Crippen LogP contribution is -2.04. The van der Waals surface area contributed by atoms with Crippen molar-refractivity contribution < 1.29 is 33.2 Å². The highest BCUT2D eigenvalue weighted by Gasteiger charge is 2.29. The minimum Gasteiger partial charge on any atom is -0.485 e. The van der Waals surface area contributed by atoms with Crippen molar-refractivity contribution in [1.82, 2.24) is 0 Å². The highest BCUT2D eigenvalue weighted by Crippen LogP contribution is 2.48. The Morgan fingerprint density at radius 2 is 0.673 bits per heavy atom. The van der Waals surface area contributed by atoms with E-state index in [0.29, 0.717) is 0 Å². The molecule has 6 aromatic carbocycles. The van der Waals surface area contributed by atoms with Crippen LogP contribution in [0.5, 0.6) is 23.0 Å². The number of nitrogens with zero attached hydrogens (tertiary/aromatic N) is 2. The van der Waals surface area contributed by atoms with Crippen LogP contribution < -0.4 is 18.9 Å². The topological polar surface area (TPSA) is 136 Å². The number of hydrogen-bond acceptors (Lipinski definition) is 9. The number of nitro benzene ring substituents is 2. The van der Waals surface area contributed by atoms with Gasteiger partial charge in [0.15, 0.2) is 23.0 Å². The zero-order valence-corrected chi connectivity index (χ0v) is 29.4. The van der Waals surface area contributed by atoms with E-state index in [-0.39, 0.29) is 83.1 Å². The maximum Gasteiger partial charge on any atom is 0.281 e. The van der Waals surface area contributed by atoms with Crippen molar-refractivity contribution in [3.05, 3.63) is 201 Å². The number of ether oxygens (including phenoxy) is 4. The summed E-state index contributed by atoms with van der Waals surface area (Å²) in [6, 6.07) is 43.3. The minimum absolute atomic E-state index is 0.106. The van der Waals surface area contributed by atoms with Crippen LogP contribution in [0.2, 0.25) is 0 Å². The van der Waals surface area contributed by atoms with Crippen molar-refractivity contribution in [1.29, 1.82) is 0 Å². The van der Waals surface area contributed by atoms with E-state index in [1.165, 1.54) is 36.8 Å². The van der Waals surface area contributed by atoms with Crippen LogP contribution in [0.15, 0.2) is 163 Å². The van der Waals surface area contributed by atoms with Gasteiger partial charge < -0.3 is 23.4 Å². The standard InChI is InChI=1S/C44H34N2O9/c47-45(48)39-23-43(54-27-33-17-9-3-10-18-33)41(52-25-31-13-5-1-6-14-31)21-35(39)37-29-51-30-38(37)36-22-42(53-26-32-15-7-2-8-16-32)44(24-40(36)46(49)50)55-28-34-19-11-4-12-20-34/h1-24,29-30H,25-28H2. The molecule has 0 bridgehead atoms. The van der Waals surface area contributed by atoms with Crippen LogP contribution in [-0.4, -0.2) is 9.85 Å². The predicted molar refractivity (Wildman–Crippen MR) is 206 cm³/mol. The molecule has 0 N–H and O–H groups in total. The predicted octanol–water partition coefficient (Wildman–Crippen LogP) is 10.7. The van der Waals surface area contributed by atoms with Gasteiger partial charge in [0.05, 0.1) is 45.6 Å². The molecule has 7 rings (SSSR count). The highest BCUT2D eigenvalue weighted by molar-refractivity contribution is 5.91. The largest absolute Gasteiger partial charge is 0.485 e. The lowest BCUT2D eigenvalue weighted by atomic mass is 9.96. The van der Waals surface area contributed by atoms with E-state index in [2.05, 4.69) is 0 Å². The summed E-state index contributed by atoms with van der Waals surface area (Å²) in [5.74, 6) is 0.780. The molecule has 11 heteroatoms. The second-order valence-electron chi connectivity index (χ2n) is 12.4. The van der Waals surface area contributed by atoms with E-state index in [4.69, 9.17) is 23.4 Å². The monoisotopic (exact) mass is 734 g/mol. The fourth-order valence-electron chi connectivity index (χ4n) is 5.94. The van der Waals surface area contributed by atoms with Gasteiger partial charge in [-0.2, -0.15) is 0 Å². The molecule has 0 atom stereocenters. The van der Waals surface area contributed by atoms with E-state index in [0.717, 1.165) is 22.3 Å². The first kappa shape index (κ1) is 36.0. The first-order valence-corrected chi connectivity index (χ1v) is 17.3. The molecule has 1 heterocycles. The maximum atomic E-state index is 12.7. The quantitative estimate of drug-likeness (QED) is 0.0701. The average Bonchev–Trinajstić information content (AvgIpc) is 3.72. The van der Waals surface area contributed by atoms with E-state index >= 15 is 0 Å². The Hall–Kier alpha value is -7.40. The number of nitro groups is 2. The molecule has 0 aliphatic heterocycles. The molecular formula is C44H34N2O9. The van der Waals surface area contributed by atoms with Crippen molar-refractivity contribution in [3.63, 3.8) is 0 Å². The summed E-state index contributed by atoms with van der Waals surface area (Å²) in [5, 5.41) is 25.4. The molecule has 0 fully saturated rings. The minimum atomic E-state index is -0.536. The number of rotatable bonds is 16. The maximum absolute atomic E-state index is 12.7. The molecule has 0 unspecified atom stereocenters. The van der Waals surface area contributed by atoms with Gasteiger partial charge in [-0.3, -0.25) is 20.2 Å². The molecule has 0 spiro atoms. The van der Waals surface area contributed by atoms with Crippen molar-refractivity contribution in [2.45, 2.75) is 26.4 Å². The van der Waals surface area contributed by atoms with Gasteiger partial charge in [0, 0.05) is 11.1 Å². The van der Waals surface area contributed by atoms with Gasteiger partial charge in [0.1, 0.15) is 26.4 Å². The van der Waals surface area contributed by atoms with Crippen LogP contribution in [0.4, 0.5) is 11.4 Å². The fraction of sp³-hybridized carbons (Fsp3) is 0.0909. The van der Waals surface area contributed by atoms with Gasteiger partial charge in [-0.1, -0.05) is 121 Å². The zero-order valence-electron chi connectivity index (χ0n) is 29.4. The van der Waals surface area contributed by atoms with Gasteiger partial charge in [0.2, 0.25) is 0 Å². The molecule has 0 amide bonds. The Balaban J connectivity index is 1.31. The van der Waals surface area contributed by atoms with Gasteiger partial charge in [0.25, 0.3) is 11.4 Å². The molecule has 0 aliphatic carbocycles.